The van der Waals surface area contributed by atoms with Crippen LogP contribution in [0.2, 0.25) is 0 Å². The quantitative estimate of drug-likeness (QED) is 0.773. The highest BCUT2D eigenvalue weighted by atomic mass is 16.5. The lowest BCUT2D eigenvalue weighted by Gasteiger charge is -2.15. The van der Waals surface area contributed by atoms with Gasteiger partial charge in [0.1, 0.15) is 0 Å². The molecule has 2 atom stereocenters. The Hall–Kier alpha value is -1.59. The fourth-order valence-electron chi connectivity index (χ4n) is 2.17. The predicted octanol–water partition coefficient (Wildman–Crippen LogP) is 1.69. The molecule has 1 fully saturated rings. The molecule has 1 aromatic carbocycles. The minimum atomic E-state index is -0.181. The summed E-state index contributed by atoms with van der Waals surface area (Å²) in [5, 5.41) is 5.68. The number of nitrogens with one attached hydrogen (secondary N) is 2. The van der Waals surface area contributed by atoms with Crippen molar-refractivity contribution in [1.29, 1.82) is 0 Å². The number of anilines is 1. The van der Waals surface area contributed by atoms with Crippen LogP contribution in [-0.4, -0.2) is 25.3 Å². The molecule has 5 nitrogen and oxygen atoms in total. The first-order valence-corrected chi connectivity index (χ1v) is 6.64. The Morgan fingerprint density at radius 3 is 2.74 bits per heavy atom. The number of nitrogens with two attached hydrogens (primary N) is 1. The van der Waals surface area contributed by atoms with Crippen LogP contribution in [0.25, 0.3) is 0 Å². The second kappa shape index (κ2) is 6.54. The van der Waals surface area contributed by atoms with Gasteiger partial charge in [0.25, 0.3) is 0 Å². The molecule has 0 bridgehead atoms. The lowest BCUT2D eigenvalue weighted by atomic mass is 10.0. The van der Waals surface area contributed by atoms with Crippen molar-refractivity contribution in [1.82, 2.24) is 5.32 Å². The van der Waals surface area contributed by atoms with E-state index in [-0.39, 0.29) is 12.1 Å². The maximum absolute atomic E-state index is 11.7. The van der Waals surface area contributed by atoms with E-state index >= 15 is 0 Å². The van der Waals surface area contributed by atoms with Crippen LogP contribution >= 0.6 is 0 Å². The lowest BCUT2D eigenvalue weighted by Crippen LogP contribution is -2.35. The number of amides is 2. The summed E-state index contributed by atoms with van der Waals surface area (Å²) in [5.41, 5.74) is 7.33. The van der Waals surface area contributed by atoms with Crippen LogP contribution in [-0.2, 0) is 11.3 Å². The van der Waals surface area contributed by atoms with Gasteiger partial charge in [0.05, 0.1) is 6.10 Å². The van der Waals surface area contributed by atoms with Crippen LogP contribution < -0.4 is 16.4 Å². The van der Waals surface area contributed by atoms with Crippen LogP contribution in [0, 0.1) is 5.92 Å². The van der Waals surface area contributed by atoms with Gasteiger partial charge in [-0.15, -0.1) is 0 Å². The number of hydrogen-bond acceptors (Lipinski definition) is 3. The van der Waals surface area contributed by atoms with Crippen molar-refractivity contribution in [3.8, 4) is 0 Å². The average molecular weight is 263 g/mol. The molecule has 1 aliphatic rings. The van der Waals surface area contributed by atoms with E-state index in [1.807, 2.05) is 31.2 Å². The third-order valence-electron chi connectivity index (χ3n) is 3.51. The summed E-state index contributed by atoms with van der Waals surface area (Å²) in [4.78, 5) is 11.7. The van der Waals surface area contributed by atoms with Crippen molar-refractivity contribution in [3.05, 3.63) is 29.8 Å². The van der Waals surface area contributed by atoms with Crippen LogP contribution in [0.5, 0.6) is 0 Å². The molecule has 5 heteroatoms. The van der Waals surface area contributed by atoms with Crippen molar-refractivity contribution in [3.63, 3.8) is 0 Å². The molecule has 2 amide bonds. The minimum absolute atomic E-state index is 0.181. The van der Waals surface area contributed by atoms with Gasteiger partial charge in [-0.1, -0.05) is 12.1 Å². The Labute approximate surface area is 113 Å². The Morgan fingerprint density at radius 1 is 1.42 bits per heavy atom. The van der Waals surface area contributed by atoms with Crippen molar-refractivity contribution >= 4 is 11.7 Å². The monoisotopic (exact) mass is 263 g/mol. The van der Waals surface area contributed by atoms with E-state index in [0.717, 1.165) is 24.3 Å². The summed E-state index contributed by atoms with van der Waals surface area (Å²) in [6, 6.07) is 7.33. The van der Waals surface area contributed by atoms with Gasteiger partial charge in [-0.3, -0.25) is 0 Å². The van der Waals surface area contributed by atoms with Gasteiger partial charge in [-0.05, 0) is 31.0 Å². The van der Waals surface area contributed by atoms with Gasteiger partial charge in [0.15, 0.2) is 0 Å². The third-order valence-corrected chi connectivity index (χ3v) is 3.51. The molecule has 2 rings (SSSR count). The fraction of sp³-hybridized carbons (Fsp3) is 0.500. The van der Waals surface area contributed by atoms with Gasteiger partial charge < -0.3 is 21.1 Å². The summed E-state index contributed by atoms with van der Waals surface area (Å²) in [6.45, 7) is 3.98. The number of carbonyl (C=O) groups is 1. The van der Waals surface area contributed by atoms with E-state index in [1.165, 1.54) is 0 Å². The van der Waals surface area contributed by atoms with Crippen LogP contribution in [0.3, 0.4) is 0 Å². The molecule has 1 aromatic rings. The Morgan fingerprint density at radius 2 is 2.16 bits per heavy atom. The number of carbonyl (C=O) groups excluding carboxylic acids is 1. The second-order valence-electron chi connectivity index (χ2n) is 4.86. The van der Waals surface area contributed by atoms with Gasteiger partial charge in [0, 0.05) is 31.3 Å². The molecule has 0 radical (unpaired) electrons. The van der Waals surface area contributed by atoms with Crippen LogP contribution in [0.15, 0.2) is 24.3 Å². The number of ether oxygens (including phenoxy) is 1. The van der Waals surface area contributed by atoms with E-state index in [0.29, 0.717) is 19.0 Å². The summed E-state index contributed by atoms with van der Waals surface area (Å²) < 4.78 is 5.46. The number of rotatable bonds is 4. The maximum Gasteiger partial charge on any atom is 0.319 e. The van der Waals surface area contributed by atoms with Crippen molar-refractivity contribution in [2.45, 2.75) is 26.0 Å². The average Bonchev–Trinajstić information content (AvgIpc) is 2.83. The molecule has 1 aliphatic heterocycles. The molecule has 1 heterocycles. The zero-order chi connectivity index (χ0) is 13.7. The molecule has 19 heavy (non-hydrogen) atoms. The first-order valence-electron chi connectivity index (χ1n) is 6.64. The van der Waals surface area contributed by atoms with Gasteiger partial charge >= 0.3 is 6.03 Å². The first-order chi connectivity index (χ1) is 9.19. The molecular formula is C14H21N3O2. The molecule has 104 valence electrons. The fourth-order valence-corrected chi connectivity index (χ4v) is 2.17. The molecule has 4 N–H and O–H groups in total. The van der Waals surface area contributed by atoms with Gasteiger partial charge in [0.2, 0.25) is 0 Å². The van der Waals surface area contributed by atoms with Crippen molar-refractivity contribution in [2.24, 2.45) is 11.7 Å². The lowest BCUT2D eigenvalue weighted by molar-refractivity contribution is 0.106. The smallest absolute Gasteiger partial charge is 0.319 e. The second-order valence-corrected chi connectivity index (χ2v) is 4.86. The van der Waals surface area contributed by atoms with E-state index in [2.05, 4.69) is 10.6 Å². The van der Waals surface area contributed by atoms with E-state index in [9.17, 15) is 4.79 Å². The molecule has 0 aromatic heterocycles. The van der Waals surface area contributed by atoms with Gasteiger partial charge in [-0.2, -0.15) is 0 Å². The predicted molar refractivity (Wildman–Crippen MR) is 74.9 cm³/mol. The topological polar surface area (TPSA) is 76.4 Å². The first kappa shape index (κ1) is 13.8. The van der Waals surface area contributed by atoms with E-state index < -0.39 is 0 Å². The molecule has 2 unspecified atom stereocenters. The summed E-state index contributed by atoms with van der Waals surface area (Å²) in [5.74, 6) is 0.408. The highest BCUT2D eigenvalue weighted by Crippen LogP contribution is 2.19. The summed E-state index contributed by atoms with van der Waals surface area (Å²) in [6.07, 6.45) is 1.23. The van der Waals surface area contributed by atoms with Crippen molar-refractivity contribution in [2.75, 3.05) is 18.5 Å². The Kier molecular flexibility index (Phi) is 4.76. The largest absolute Gasteiger partial charge is 0.378 e. The van der Waals surface area contributed by atoms with E-state index in [4.69, 9.17) is 10.5 Å². The number of hydrogen-bond donors (Lipinski definition) is 3. The molecular weight excluding hydrogens is 242 g/mol. The number of benzene rings is 1. The normalized spacial score (nSPS) is 22.2. The Balaban J connectivity index is 1.77. The van der Waals surface area contributed by atoms with Gasteiger partial charge in [-0.25, -0.2) is 4.79 Å². The zero-order valence-corrected chi connectivity index (χ0v) is 11.2. The zero-order valence-electron chi connectivity index (χ0n) is 11.2. The summed E-state index contributed by atoms with van der Waals surface area (Å²) >= 11 is 0. The highest BCUT2D eigenvalue weighted by Gasteiger charge is 2.24. The van der Waals surface area contributed by atoms with E-state index in [1.54, 1.807) is 0 Å². The Bertz CT molecular complexity index is 419. The summed E-state index contributed by atoms with van der Waals surface area (Å²) in [7, 11) is 0. The maximum atomic E-state index is 11.7. The molecule has 0 spiro atoms. The minimum Gasteiger partial charge on any atom is -0.378 e. The van der Waals surface area contributed by atoms with Crippen molar-refractivity contribution < 1.29 is 9.53 Å². The highest BCUT2D eigenvalue weighted by molar-refractivity contribution is 5.89. The third kappa shape index (κ3) is 3.94. The standard InChI is InChI=1S/C14H21N3O2/c1-10-12(6-7-19-10)9-16-14(18)17-13-4-2-11(8-15)3-5-13/h2-5,10,12H,6-9,15H2,1H3,(H2,16,17,18). The number of urea groups is 1. The molecule has 0 saturated carbocycles. The molecule has 0 aliphatic carbocycles. The SMILES string of the molecule is CC1OCCC1CNC(=O)Nc1ccc(CN)cc1. The van der Waals surface area contributed by atoms with Crippen LogP contribution in [0.1, 0.15) is 18.9 Å². The molecule has 1 saturated heterocycles. The van der Waals surface area contributed by atoms with Crippen LogP contribution in [0.4, 0.5) is 10.5 Å².